The minimum absolute atomic E-state index is 0.228. The summed E-state index contributed by atoms with van der Waals surface area (Å²) in [5.41, 5.74) is 2.43. The maximum absolute atomic E-state index is 11.3. The highest BCUT2D eigenvalue weighted by Crippen LogP contribution is 2.08. The standard InChI is InChI=1S/C14H29N3O2/c1-2-3-5-9-15-14(18)16-19-13-8-12-17-10-6-4-7-11-17/h2-13H2,1H3,(H2,15,16,18). The molecule has 0 unspecified atom stereocenters. The number of hydrogen-bond acceptors (Lipinski definition) is 3. The topological polar surface area (TPSA) is 53.6 Å². The highest BCUT2D eigenvalue weighted by molar-refractivity contribution is 5.72. The van der Waals surface area contributed by atoms with E-state index in [0.29, 0.717) is 6.61 Å². The highest BCUT2D eigenvalue weighted by Gasteiger charge is 2.09. The zero-order valence-electron chi connectivity index (χ0n) is 12.2. The number of carbonyl (C=O) groups excluding carboxylic acids is 1. The molecule has 0 atom stereocenters. The van der Waals surface area contributed by atoms with Gasteiger partial charge in [0, 0.05) is 13.1 Å². The van der Waals surface area contributed by atoms with Crippen molar-refractivity contribution in [3.8, 4) is 0 Å². The third-order valence-electron chi connectivity index (χ3n) is 3.40. The van der Waals surface area contributed by atoms with Crippen LogP contribution in [0.3, 0.4) is 0 Å². The van der Waals surface area contributed by atoms with Crippen molar-refractivity contribution in [3.05, 3.63) is 0 Å². The molecular weight excluding hydrogens is 242 g/mol. The van der Waals surface area contributed by atoms with E-state index in [-0.39, 0.29) is 6.03 Å². The molecule has 1 aliphatic rings. The van der Waals surface area contributed by atoms with Crippen molar-refractivity contribution in [2.75, 3.05) is 32.8 Å². The Morgan fingerprint density at radius 3 is 2.68 bits per heavy atom. The van der Waals surface area contributed by atoms with Crippen LogP contribution in [-0.2, 0) is 4.84 Å². The number of likely N-dealkylation sites (tertiary alicyclic amines) is 1. The normalized spacial score (nSPS) is 16.3. The molecule has 1 aliphatic heterocycles. The smallest absolute Gasteiger partial charge is 0.336 e. The predicted molar refractivity (Wildman–Crippen MR) is 76.9 cm³/mol. The van der Waals surface area contributed by atoms with E-state index in [4.69, 9.17) is 4.84 Å². The van der Waals surface area contributed by atoms with Crippen molar-refractivity contribution in [1.29, 1.82) is 0 Å². The maximum Gasteiger partial charge on any atom is 0.338 e. The number of nitrogens with one attached hydrogen (secondary N) is 2. The molecule has 5 heteroatoms. The SMILES string of the molecule is CCCCCNC(=O)NOCCCN1CCCCC1. The van der Waals surface area contributed by atoms with Crippen LogP contribution in [0.4, 0.5) is 4.79 Å². The lowest BCUT2D eigenvalue weighted by Crippen LogP contribution is -2.37. The van der Waals surface area contributed by atoms with Gasteiger partial charge in [-0.15, -0.1) is 0 Å². The van der Waals surface area contributed by atoms with Gasteiger partial charge in [-0.1, -0.05) is 26.2 Å². The minimum Gasteiger partial charge on any atom is -0.336 e. The summed E-state index contributed by atoms with van der Waals surface area (Å²) in [6.07, 6.45) is 8.31. The van der Waals surface area contributed by atoms with Gasteiger partial charge in [0.25, 0.3) is 0 Å². The van der Waals surface area contributed by atoms with Gasteiger partial charge in [0.1, 0.15) is 0 Å². The molecule has 19 heavy (non-hydrogen) atoms. The molecule has 0 bridgehead atoms. The van der Waals surface area contributed by atoms with Crippen molar-refractivity contribution in [3.63, 3.8) is 0 Å². The van der Waals surface area contributed by atoms with Gasteiger partial charge in [-0.05, 0) is 38.8 Å². The summed E-state index contributed by atoms with van der Waals surface area (Å²) in [7, 11) is 0. The van der Waals surface area contributed by atoms with Crippen LogP contribution < -0.4 is 10.8 Å². The number of piperidine rings is 1. The van der Waals surface area contributed by atoms with Gasteiger partial charge in [-0.2, -0.15) is 0 Å². The second kappa shape index (κ2) is 11.1. The average Bonchev–Trinajstić information content (AvgIpc) is 2.44. The summed E-state index contributed by atoms with van der Waals surface area (Å²) in [4.78, 5) is 18.9. The Hall–Kier alpha value is -0.810. The van der Waals surface area contributed by atoms with E-state index in [9.17, 15) is 4.79 Å². The number of hydrogen-bond donors (Lipinski definition) is 2. The third-order valence-corrected chi connectivity index (χ3v) is 3.40. The number of hydroxylamine groups is 1. The summed E-state index contributed by atoms with van der Waals surface area (Å²) in [5.74, 6) is 0. The third kappa shape index (κ3) is 8.83. The van der Waals surface area contributed by atoms with E-state index in [2.05, 4.69) is 22.6 Å². The zero-order valence-corrected chi connectivity index (χ0v) is 12.2. The van der Waals surface area contributed by atoms with Crippen molar-refractivity contribution in [2.24, 2.45) is 0 Å². The van der Waals surface area contributed by atoms with Crippen molar-refractivity contribution >= 4 is 6.03 Å². The molecule has 0 spiro atoms. The Morgan fingerprint density at radius 1 is 1.16 bits per heavy atom. The Balaban J connectivity index is 1.85. The van der Waals surface area contributed by atoms with E-state index in [0.717, 1.165) is 38.8 Å². The highest BCUT2D eigenvalue weighted by atomic mass is 16.7. The van der Waals surface area contributed by atoms with Crippen LogP contribution in [0, 0.1) is 0 Å². The molecule has 0 aromatic rings. The first-order valence-corrected chi connectivity index (χ1v) is 7.71. The van der Waals surface area contributed by atoms with E-state index in [1.807, 2.05) is 0 Å². The Bertz CT molecular complexity index is 231. The van der Waals surface area contributed by atoms with Gasteiger partial charge in [0.05, 0.1) is 6.61 Å². The molecule has 0 aromatic carbocycles. The molecule has 0 radical (unpaired) electrons. The molecule has 5 nitrogen and oxygen atoms in total. The van der Waals surface area contributed by atoms with Crippen LogP contribution in [0.5, 0.6) is 0 Å². The van der Waals surface area contributed by atoms with Crippen LogP contribution in [0.25, 0.3) is 0 Å². The molecule has 0 saturated carbocycles. The monoisotopic (exact) mass is 271 g/mol. The fraction of sp³-hybridized carbons (Fsp3) is 0.929. The molecule has 2 amide bonds. The van der Waals surface area contributed by atoms with Crippen molar-refractivity contribution in [2.45, 2.75) is 51.9 Å². The molecule has 0 aromatic heterocycles. The summed E-state index contributed by atoms with van der Waals surface area (Å²) >= 11 is 0. The summed E-state index contributed by atoms with van der Waals surface area (Å²) in [6, 6.07) is -0.228. The molecular formula is C14H29N3O2. The average molecular weight is 271 g/mol. The van der Waals surface area contributed by atoms with Gasteiger partial charge in [0.15, 0.2) is 0 Å². The fourth-order valence-electron chi connectivity index (χ4n) is 2.27. The van der Waals surface area contributed by atoms with Crippen molar-refractivity contribution in [1.82, 2.24) is 15.7 Å². The number of carbonyl (C=O) groups is 1. The Labute approximate surface area is 117 Å². The van der Waals surface area contributed by atoms with Crippen LogP contribution in [0.1, 0.15) is 51.9 Å². The summed E-state index contributed by atoms with van der Waals surface area (Å²) < 4.78 is 0. The van der Waals surface area contributed by atoms with E-state index in [1.54, 1.807) is 0 Å². The minimum atomic E-state index is -0.228. The lowest BCUT2D eigenvalue weighted by atomic mass is 10.1. The van der Waals surface area contributed by atoms with Crippen LogP contribution in [-0.4, -0.2) is 43.7 Å². The molecule has 1 fully saturated rings. The van der Waals surface area contributed by atoms with Gasteiger partial charge < -0.3 is 10.2 Å². The molecule has 1 rings (SSSR count). The van der Waals surface area contributed by atoms with Gasteiger partial charge in [-0.3, -0.25) is 4.84 Å². The maximum atomic E-state index is 11.3. The molecule has 112 valence electrons. The van der Waals surface area contributed by atoms with E-state index >= 15 is 0 Å². The molecule has 1 heterocycles. The first-order valence-electron chi connectivity index (χ1n) is 7.71. The molecule has 0 aliphatic carbocycles. The zero-order chi connectivity index (χ0) is 13.8. The van der Waals surface area contributed by atoms with Crippen LogP contribution >= 0.6 is 0 Å². The van der Waals surface area contributed by atoms with Crippen LogP contribution in [0.15, 0.2) is 0 Å². The first kappa shape index (κ1) is 16.2. The van der Waals surface area contributed by atoms with Gasteiger partial charge >= 0.3 is 6.03 Å². The Kier molecular flexibility index (Phi) is 9.45. The Morgan fingerprint density at radius 2 is 1.95 bits per heavy atom. The predicted octanol–water partition coefficient (Wildman–Crippen LogP) is 2.28. The summed E-state index contributed by atoms with van der Waals surface area (Å²) in [6.45, 7) is 6.94. The largest absolute Gasteiger partial charge is 0.338 e. The fourth-order valence-corrected chi connectivity index (χ4v) is 2.27. The molecule has 2 N–H and O–H groups in total. The second-order valence-corrected chi connectivity index (χ2v) is 5.17. The molecule has 1 saturated heterocycles. The summed E-state index contributed by atoms with van der Waals surface area (Å²) in [5, 5.41) is 2.77. The van der Waals surface area contributed by atoms with Crippen LogP contribution in [0.2, 0.25) is 0 Å². The van der Waals surface area contributed by atoms with Gasteiger partial charge in [0.2, 0.25) is 0 Å². The number of rotatable bonds is 9. The quantitative estimate of drug-likeness (QED) is 0.500. The lowest BCUT2D eigenvalue weighted by Gasteiger charge is -2.26. The second-order valence-electron chi connectivity index (χ2n) is 5.17. The number of unbranched alkanes of at least 4 members (excludes halogenated alkanes) is 2. The number of amides is 2. The van der Waals surface area contributed by atoms with E-state index < -0.39 is 0 Å². The van der Waals surface area contributed by atoms with Crippen molar-refractivity contribution < 1.29 is 9.63 Å². The number of urea groups is 1. The first-order chi connectivity index (χ1) is 9.33. The van der Waals surface area contributed by atoms with E-state index in [1.165, 1.54) is 32.4 Å². The van der Waals surface area contributed by atoms with Gasteiger partial charge in [-0.25, -0.2) is 10.3 Å². The lowest BCUT2D eigenvalue weighted by molar-refractivity contribution is 0.0534. The number of nitrogens with zero attached hydrogens (tertiary/aromatic N) is 1.